The van der Waals surface area contributed by atoms with E-state index < -0.39 is 0 Å². The summed E-state index contributed by atoms with van der Waals surface area (Å²) >= 11 is 1.72. The van der Waals surface area contributed by atoms with E-state index in [0.717, 1.165) is 12.4 Å². The molecule has 2 heterocycles. The van der Waals surface area contributed by atoms with Crippen molar-refractivity contribution >= 4 is 17.0 Å². The Morgan fingerprint density at radius 3 is 3.00 bits per heavy atom. The maximum Gasteiger partial charge on any atom is 0.124 e. The van der Waals surface area contributed by atoms with Crippen molar-refractivity contribution in [1.29, 1.82) is 0 Å². The Morgan fingerprint density at radius 1 is 1.29 bits per heavy atom. The predicted molar refractivity (Wildman–Crippen MR) is 71.8 cm³/mol. The molecule has 0 aliphatic carbocycles. The average molecular weight is 245 g/mol. The fraction of sp³-hybridized carbons (Fsp3) is 0.286. The summed E-state index contributed by atoms with van der Waals surface area (Å²) in [7, 11) is 0. The molecule has 0 bridgehead atoms. The van der Waals surface area contributed by atoms with Crippen molar-refractivity contribution < 1.29 is 4.74 Å². The van der Waals surface area contributed by atoms with Crippen molar-refractivity contribution in [3.05, 3.63) is 46.7 Å². The number of rotatable bonds is 2. The lowest BCUT2D eigenvalue weighted by atomic mass is 9.92. The van der Waals surface area contributed by atoms with Gasteiger partial charge in [0.05, 0.1) is 12.6 Å². The zero-order valence-electron chi connectivity index (χ0n) is 9.72. The van der Waals surface area contributed by atoms with Gasteiger partial charge in [-0.1, -0.05) is 25.1 Å². The highest BCUT2D eigenvalue weighted by Crippen LogP contribution is 2.37. The minimum atomic E-state index is 0.342. The number of ether oxygens (including phenoxy) is 1. The first-order valence-corrected chi connectivity index (χ1v) is 6.79. The maximum atomic E-state index is 5.75. The van der Waals surface area contributed by atoms with Crippen molar-refractivity contribution in [2.75, 3.05) is 11.9 Å². The second-order valence-corrected chi connectivity index (χ2v) is 5.24. The molecule has 2 atom stereocenters. The average Bonchev–Trinajstić information content (AvgIpc) is 2.86. The van der Waals surface area contributed by atoms with Crippen LogP contribution in [0.4, 0.5) is 5.69 Å². The molecule has 0 fully saturated rings. The molecule has 0 spiro atoms. The van der Waals surface area contributed by atoms with E-state index in [4.69, 9.17) is 4.74 Å². The summed E-state index contributed by atoms with van der Waals surface area (Å²) in [6, 6.07) is 10.8. The van der Waals surface area contributed by atoms with Gasteiger partial charge in [-0.05, 0) is 17.5 Å². The lowest BCUT2D eigenvalue weighted by Gasteiger charge is -2.32. The molecule has 1 aromatic carbocycles. The van der Waals surface area contributed by atoms with E-state index in [-0.39, 0.29) is 0 Å². The van der Waals surface area contributed by atoms with Crippen LogP contribution in [-0.4, -0.2) is 6.61 Å². The van der Waals surface area contributed by atoms with E-state index in [0.29, 0.717) is 12.0 Å². The highest BCUT2D eigenvalue weighted by Gasteiger charge is 2.27. The lowest BCUT2D eigenvalue weighted by Crippen LogP contribution is -2.28. The van der Waals surface area contributed by atoms with Gasteiger partial charge in [-0.2, -0.15) is 11.3 Å². The molecular formula is C14H15NOS. The third-order valence-electron chi connectivity index (χ3n) is 3.17. The quantitative estimate of drug-likeness (QED) is 0.865. The third kappa shape index (κ3) is 2.03. The standard InChI is InChI=1S/C14H15NOS/c1-10-8-16-13-5-3-2-4-12(13)14(10)15-11-6-7-17-9-11/h2-7,9-10,14-15H,8H2,1H3. The summed E-state index contributed by atoms with van der Waals surface area (Å²) in [5.74, 6) is 1.49. The number of hydrogen-bond donors (Lipinski definition) is 1. The Labute approximate surface area is 105 Å². The van der Waals surface area contributed by atoms with E-state index in [9.17, 15) is 0 Å². The first kappa shape index (κ1) is 10.7. The first-order chi connectivity index (χ1) is 8.34. The predicted octanol–water partition coefficient (Wildman–Crippen LogP) is 3.93. The summed E-state index contributed by atoms with van der Waals surface area (Å²) in [5, 5.41) is 7.84. The van der Waals surface area contributed by atoms with Gasteiger partial charge in [0, 0.05) is 22.5 Å². The van der Waals surface area contributed by atoms with Gasteiger partial charge in [0.25, 0.3) is 0 Å². The van der Waals surface area contributed by atoms with Gasteiger partial charge in [-0.25, -0.2) is 0 Å². The highest BCUT2D eigenvalue weighted by atomic mass is 32.1. The van der Waals surface area contributed by atoms with Crippen LogP contribution in [0, 0.1) is 5.92 Å². The molecule has 0 amide bonds. The topological polar surface area (TPSA) is 21.3 Å². The Kier molecular flexibility index (Phi) is 2.77. The van der Waals surface area contributed by atoms with Gasteiger partial charge in [-0.3, -0.25) is 0 Å². The molecule has 17 heavy (non-hydrogen) atoms. The number of para-hydroxylation sites is 1. The Hall–Kier alpha value is -1.48. The molecule has 2 unspecified atom stereocenters. The van der Waals surface area contributed by atoms with E-state index in [1.807, 2.05) is 12.1 Å². The van der Waals surface area contributed by atoms with Gasteiger partial charge in [-0.15, -0.1) is 0 Å². The smallest absolute Gasteiger partial charge is 0.124 e. The van der Waals surface area contributed by atoms with Crippen LogP contribution in [0.25, 0.3) is 0 Å². The van der Waals surface area contributed by atoms with E-state index in [1.54, 1.807) is 11.3 Å². The molecule has 2 nitrogen and oxygen atoms in total. The van der Waals surface area contributed by atoms with Crippen molar-refractivity contribution in [3.8, 4) is 5.75 Å². The van der Waals surface area contributed by atoms with Crippen LogP contribution in [0.3, 0.4) is 0 Å². The summed E-state index contributed by atoms with van der Waals surface area (Å²) in [6.45, 7) is 3.00. The molecule has 2 aromatic rings. The highest BCUT2D eigenvalue weighted by molar-refractivity contribution is 7.08. The summed E-state index contributed by atoms with van der Waals surface area (Å²) < 4.78 is 5.75. The minimum Gasteiger partial charge on any atom is -0.493 e. The van der Waals surface area contributed by atoms with Gasteiger partial charge < -0.3 is 10.1 Å². The van der Waals surface area contributed by atoms with Crippen LogP contribution in [-0.2, 0) is 0 Å². The fourth-order valence-electron chi connectivity index (χ4n) is 2.24. The van der Waals surface area contributed by atoms with E-state index >= 15 is 0 Å². The molecule has 3 rings (SSSR count). The van der Waals surface area contributed by atoms with Crippen molar-refractivity contribution in [1.82, 2.24) is 0 Å². The minimum absolute atomic E-state index is 0.342. The number of fused-ring (bicyclic) bond motifs is 1. The fourth-order valence-corrected chi connectivity index (χ4v) is 2.84. The zero-order chi connectivity index (χ0) is 11.7. The third-order valence-corrected chi connectivity index (χ3v) is 3.85. The van der Waals surface area contributed by atoms with E-state index in [2.05, 4.69) is 41.2 Å². The van der Waals surface area contributed by atoms with Crippen molar-refractivity contribution in [2.45, 2.75) is 13.0 Å². The SMILES string of the molecule is CC1COc2ccccc2C1Nc1ccsc1. The molecular weight excluding hydrogens is 230 g/mol. The monoisotopic (exact) mass is 245 g/mol. The molecule has 1 aliphatic heterocycles. The molecule has 88 valence electrons. The van der Waals surface area contributed by atoms with Crippen LogP contribution >= 0.6 is 11.3 Å². The summed E-state index contributed by atoms with van der Waals surface area (Å²) in [6.07, 6.45) is 0. The number of hydrogen-bond acceptors (Lipinski definition) is 3. The Morgan fingerprint density at radius 2 is 2.18 bits per heavy atom. The van der Waals surface area contributed by atoms with Gasteiger partial charge >= 0.3 is 0 Å². The van der Waals surface area contributed by atoms with Gasteiger partial charge in [0.1, 0.15) is 5.75 Å². The Bertz CT molecular complexity index is 495. The first-order valence-electron chi connectivity index (χ1n) is 5.85. The summed E-state index contributed by atoms with van der Waals surface area (Å²) in [4.78, 5) is 0. The molecule has 1 aliphatic rings. The van der Waals surface area contributed by atoms with Gasteiger partial charge in [0.2, 0.25) is 0 Å². The second-order valence-electron chi connectivity index (χ2n) is 4.46. The maximum absolute atomic E-state index is 5.75. The van der Waals surface area contributed by atoms with Crippen molar-refractivity contribution in [2.24, 2.45) is 5.92 Å². The second kappa shape index (κ2) is 4.41. The van der Waals surface area contributed by atoms with Crippen LogP contribution in [0.15, 0.2) is 41.1 Å². The molecule has 1 aromatic heterocycles. The normalized spacial score (nSPS) is 22.6. The van der Waals surface area contributed by atoms with Crippen LogP contribution in [0.2, 0.25) is 0 Å². The van der Waals surface area contributed by atoms with Crippen LogP contribution in [0.5, 0.6) is 5.75 Å². The number of anilines is 1. The van der Waals surface area contributed by atoms with Gasteiger partial charge in [0.15, 0.2) is 0 Å². The number of nitrogens with one attached hydrogen (secondary N) is 1. The molecule has 0 radical (unpaired) electrons. The zero-order valence-corrected chi connectivity index (χ0v) is 10.5. The number of thiophene rings is 1. The summed E-state index contributed by atoms with van der Waals surface area (Å²) in [5.41, 5.74) is 2.46. The Balaban J connectivity index is 1.92. The van der Waals surface area contributed by atoms with E-state index in [1.165, 1.54) is 11.3 Å². The molecule has 0 saturated heterocycles. The van der Waals surface area contributed by atoms with Crippen LogP contribution in [0.1, 0.15) is 18.5 Å². The number of benzene rings is 1. The lowest BCUT2D eigenvalue weighted by molar-refractivity contribution is 0.214. The molecule has 1 N–H and O–H groups in total. The van der Waals surface area contributed by atoms with Crippen LogP contribution < -0.4 is 10.1 Å². The largest absolute Gasteiger partial charge is 0.493 e. The van der Waals surface area contributed by atoms with Crippen molar-refractivity contribution in [3.63, 3.8) is 0 Å². The molecule has 0 saturated carbocycles. The molecule has 3 heteroatoms.